The van der Waals surface area contributed by atoms with Gasteiger partial charge in [-0.05, 0) is 83.9 Å². The van der Waals surface area contributed by atoms with Gasteiger partial charge in [0.05, 0.1) is 23.4 Å². The molecule has 2 rings (SSSR count). The van der Waals surface area contributed by atoms with Crippen LogP contribution < -0.4 is 10.6 Å². The summed E-state index contributed by atoms with van der Waals surface area (Å²) in [5.74, 6) is -1.68. The number of nitrogens with one attached hydrogen (secondary N) is 2. The van der Waals surface area contributed by atoms with Crippen LogP contribution in [0.4, 0.5) is 13.6 Å². The Bertz CT molecular complexity index is 1020. The molecule has 7 nitrogen and oxygen atoms in total. The molecule has 2 atom stereocenters. The van der Waals surface area contributed by atoms with Crippen LogP contribution in [-0.2, 0) is 17.6 Å². The van der Waals surface area contributed by atoms with Gasteiger partial charge in [-0.2, -0.15) is 0 Å². The Balaban J connectivity index is 2.31. The van der Waals surface area contributed by atoms with Crippen molar-refractivity contribution >= 4 is 12.0 Å². The maximum Gasteiger partial charge on any atom is 0.407 e. The number of hydrogen-bond donors (Lipinski definition) is 3. The van der Waals surface area contributed by atoms with E-state index in [4.69, 9.17) is 4.74 Å². The number of pyridine rings is 1. The van der Waals surface area contributed by atoms with Crippen LogP contribution >= 0.6 is 0 Å². The number of carbonyl (C=O) groups excluding carboxylic acids is 2. The van der Waals surface area contributed by atoms with Crippen LogP contribution in [0.3, 0.4) is 0 Å². The van der Waals surface area contributed by atoms with Gasteiger partial charge < -0.3 is 20.5 Å². The average Bonchev–Trinajstić information content (AvgIpc) is 2.67. The number of amides is 2. The molecule has 0 aliphatic heterocycles. The maximum absolute atomic E-state index is 14.3. The third-order valence-electron chi connectivity index (χ3n) is 4.64. The minimum Gasteiger partial charge on any atom is -0.444 e. The summed E-state index contributed by atoms with van der Waals surface area (Å²) in [6.07, 6.45) is -0.949. The minimum absolute atomic E-state index is 0.0215. The molecule has 0 radical (unpaired) electrons. The van der Waals surface area contributed by atoms with Crippen LogP contribution in [0, 0.1) is 11.6 Å². The molecule has 0 fully saturated rings. The van der Waals surface area contributed by atoms with Crippen LogP contribution in [0.25, 0.3) is 0 Å². The van der Waals surface area contributed by atoms with Crippen molar-refractivity contribution in [2.75, 3.05) is 0 Å². The molecule has 0 spiro atoms. The largest absolute Gasteiger partial charge is 0.444 e. The first-order valence-electron chi connectivity index (χ1n) is 11.0. The van der Waals surface area contributed by atoms with Crippen LogP contribution in [0.5, 0.6) is 0 Å². The van der Waals surface area contributed by atoms with E-state index in [1.54, 1.807) is 32.9 Å². The Labute approximate surface area is 198 Å². The average molecular weight is 478 g/mol. The van der Waals surface area contributed by atoms with Gasteiger partial charge in [0.25, 0.3) is 5.91 Å². The number of nitrogens with zero attached hydrogens (tertiary/aromatic N) is 1. The fourth-order valence-corrected chi connectivity index (χ4v) is 3.23. The Kier molecular flexibility index (Phi) is 8.72. The highest BCUT2D eigenvalue weighted by atomic mass is 19.1. The van der Waals surface area contributed by atoms with Gasteiger partial charge in [0, 0.05) is 18.2 Å². The first-order chi connectivity index (χ1) is 15.6. The molecule has 0 aliphatic rings. The molecule has 3 N–H and O–H groups in total. The van der Waals surface area contributed by atoms with E-state index in [9.17, 15) is 23.5 Å². The summed E-state index contributed by atoms with van der Waals surface area (Å²) >= 11 is 0. The van der Waals surface area contributed by atoms with Crippen molar-refractivity contribution in [3.63, 3.8) is 0 Å². The van der Waals surface area contributed by atoms with Crippen LogP contribution in [0.2, 0.25) is 0 Å². The molecule has 2 amide bonds. The van der Waals surface area contributed by atoms with E-state index in [-0.39, 0.29) is 29.9 Å². The highest BCUT2D eigenvalue weighted by molar-refractivity contribution is 5.95. The number of ether oxygens (including phenoxy) is 1. The molecular weight excluding hydrogens is 444 g/mol. The lowest BCUT2D eigenvalue weighted by molar-refractivity contribution is 0.0420. The number of carbonyl (C=O) groups is 2. The topological polar surface area (TPSA) is 101 Å². The molecule has 1 aromatic heterocycles. The second-order valence-electron chi connectivity index (χ2n) is 10.2. The summed E-state index contributed by atoms with van der Waals surface area (Å²) in [7, 11) is 0. The van der Waals surface area contributed by atoms with Crippen molar-refractivity contribution in [3.05, 3.63) is 65.0 Å². The first-order valence-corrected chi connectivity index (χ1v) is 11.0. The summed E-state index contributed by atoms with van der Waals surface area (Å²) in [5.41, 5.74) is -0.745. The number of hydrogen-bond acceptors (Lipinski definition) is 5. The van der Waals surface area contributed by atoms with Crippen LogP contribution in [0.15, 0.2) is 36.5 Å². The molecule has 2 unspecified atom stereocenters. The van der Waals surface area contributed by atoms with E-state index >= 15 is 0 Å². The summed E-state index contributed by atoms with van der Waals surface area (Å²) in [6.45, 7) is 10.5. The third kappa shape index (κ3) is 8.70. The number of aliphatic hydroxyl groups excluding tert-OH is 1. The predicted octanol–water partition coefficient (Wildman–Crippen LogP) is 3.93. The molecule has 0 bridgehead atoms. The highest BCUT2D eigenvalue weighted by Crippen LogP contribution is 2.18. The SMILES string of the molecule is CC(C)(C)NC(=O)c1cccnc1CC(O)C(Cc1cc(F)ccc1F)NC(=O)OC(C)(C)C. The van der Waals surface area contributed by atoms with E-state index in [0.717, 1.165) is 18.2 Å². The Morgan fingerprint density at radius 2 is 1.76 bits per heavy atom. The lowest BCUT2D eigenvalue weighted by Gasteiger charge is -2.27. The number of halogens is 2. The molecule has 0 saturated heterocycles. The first kappa shape index (κ1) is 27.2. The normalized spacial score (nSPS) is 13.7. The molecule has 0 saturated carbocycles. The standard InChI is InChI=1S/C25H33F2N3O4/c1-24(2,3)30-22(32)17-8-7-11-28-19(17)14-21(31)20(29-23(33)34-25(4,5)6)13-15-12-16(26)9-10-18(15)27/h7-12,20-21,31H,13-14H2,1-6H3,(H,29,33)(H,30,32). The van der Waals surface area contributed by atoms with Crippen LogP contribution in [-0.4, -0.2) is 45.4 Å². The monoisotopic (exact) mass is 477 g/mol. The fourth-order valence-electron chi connectivity index (χ4n) is 3.23. The fraction of sp³-hybridized carbons (Fsp3) is 0.480. The molecule has 1 aromatic carbocycles. The van der Waals surface area contributed by atoms with Gasteiger partial charge >= 0.3 is 6.09 Å². The molecule has 0 aliphatic carbocycles. The van der Waals surface area contributed by atoms with E-state index in [0.29, 0.717) is 5.69 Å². The number of alkyl carbamates (subject to hydrolysis) is 1. The summed E-state index contributed by atoms with van der Waals surface area (Å²) in [4.78, 5) is 29.4. The number of benzene rings is 1. The number of rotatable bonds is 7. The predicted molar refractivity (Wildman–Crippen MR) is 124 cm³/mol. The molecule has 9 heteroatoms. The van der Waals surface area contributed by atoms with E-state index in [1.807, 2.05) is 20.8 Å². The summed E-state index contributed by atoms with van der Waals surface area (Å²) < 4.78 is 33.3. The molecule has 34 heavy (non-hydrogen) atoms. The van der Waals surface area contributed by atoms with Gasteiger partial charge in [-0.15, -0.1) is 0 Å². The van der Waals surface area contributed by atoms with Gasteiger partial charge in [-0.25, -0.2) is 13.6 Å². The maximum atomic E-state index is 14.3. The Morgan fingerprint density at radius 3 is 2.38 bits per heavy atom. The zero-order valence-corrected chi connectivity index (χ0v) is 20.4. The number of aromatic nitrogens is 1. The summed E-state index contributed by atoms with van der Waals surface area (Å²) in [5, 5.41) is 16.4. The van der Waals surface area contributed by atoms with Crippen molar-refractivity contribution < 1.29 is 28.2 Å². The van der Waals surface area contributed by atoms with E-state index in [2.05, 4.69) is 15.6 Å². The van der Waals surface area contributed by atoms with Gasteiger partial charge in [0.2, 0.25) is 0 Å². The second-order valence-corrected chi connectivity index (χ2v) is 10.2. The lowest BCUT2D eigenvalue weighted by atomic mass is 9.96. The van der Waals surface area contributed by atoms with Crippen molar-refractivity contribution in [1.29, 1.82) is 0 Å². The van der Waals surface area contributed by atoms with Crippen molar-refractivity contribution in [2.45, 2.75) is 77.7 Å². The molecule has 1 heterocycles. The highest BCUT2D eigenvalue weighted by Gasteiger charge is 2.28. The number of aliphatic hydroxyl groups is 1. The quantitative estimate of drug-likeness (QED) is 0.561. The van der Waals surface area contributed by atoms with Gasteiger partial charge in [0.1, 0.15) is 17.2 Å². The van der Waals surface area contributed by atoms with E-state index < -0.39 is 41.0 Å². The van der Waals surface area contributed by atoms with Crippen LogP contribution in [0.1, 0.15) is 63.2 Å². The molecular formula is C25H33F2N3O4. The van der Waals surface area contributed by atoms with Crippen molar-refractivity contribution in [2.24, 2.45) is 0 Å². The lowest BCUT2D eigenvalue weighted by Crippen LogP contribution is -2.48. The van der Waals surface area contributed by atoms with Crippen molar-refractivity contribution in [1.82, 2.24) is 15.6 Å². The summed E-state index contributed by atoms with van der Waals surface area (Å²) in [6, 6.07) is 5.11. The molecule has 186 valence electrons. The minimum atomic E-state index is -1.29. The van der Waals surface area contributed by atoms with Gasteiger partial charge in [0.15, 0.2) is 0 Å². The third-order valence-corrected chi connectivity index (χ3v) is 4.64. The van der Waals surface area contributed by atoms with Crippen molar-refractivity contribution in [3.8, 4) is 0 Å². The van der Waals surface area contributed by atoms with Gasteiger partial charge in [-0.3, -0.25) is 9.78 Å². The van der Waals surface area contributed by atoms with E-state index in [1.165, 1.54) is 6.20 Å². The Morgan fingerprint density at radius 1 is 1.09 bits per heavy atom. The molecule has 2 aromatic rings. The Hall–Kier alpha value is -3.07. The zero-order chi connectivity index (χ0) is 25.7. The zero-order valence-electron chi connectivity index (χ0n) is 20.4. The van der Waals surface area contributed by atoms with Gasteiger partial charge in [-0.1, -0.05) is 0 Å². The smallest absolute Gasteiger partial charge is 0.407 e. The second kappa shape index (κ2) is 10.9.